The van der Waals surface area contributed by atoms with Crippen molar-refractivity contribution in [3.8, 4) is 6.07 Å². The van der Waals surface area contributed by atoms with Crippen molar-refractivity contribution in [3.05, 3.63) is 47.5 Å². The third kappa shape index (κ3) is 1.24. The highest BCUT2D eigenvalue weighted by molar-refractivity contribution is 5.90. The molecule has 2 nitrogen and oxygen atoms in total. The lowest BCUT2D eigenvalue weighted by Gasteiger charge is -2.04. The molecule has 0 heterocycles. The first-order valence-electron chi connectivity index (χ1n) is 4.39. The van der Waals surface area contributed by atoms with Crippen LogP contribution in [-0.4, -0.2) is 0 Å². The molecule has 0 aliphatic rings. The van der Waals surface area contributed by atoms with Gasteiger partial charge in [-0.3, -0.25) is 0 Å². The van der Waals surface area contributed by atoms with Crippen LogP contribution in [0.4, 0.5) is 0 Å². The van der Waals surface area contributed by atoms with Gasteiger partial charge in [-0.1, -0.05) is 24.3 Å². The van der Waals surface area contributed by atoms with Gasteiger partial charge in [0.1, 0.15) is 6.07 Å². The van der Waals surface area contributed by atoms with Crippen LogP contribution in [0.3, 0.4) is 0 Å². The van der Waals surface area contributed by atoms with Crippen molar-refractivity contribution in [1.82, 2.24) is 0 Å². The standard InChI is InChI=1S/C12H9N2/c13-7-9-5-6-10(8-14)12-4-2-1-3-11(9)12/h1-5H,7,13H2. The molecule has 2 aromatic carbocycles. The molecule has 0 unspecified atom stereocenters. The van der Waals surface area contributed by atoms with Crippen LogP contribution in [0.15, 0.2) is 30.3 Å². The Kier molecular flexibility index (Phi) is 2.18. The average Bonchev–Trinajstić information content (AvgIpc) is 2.27. The molecule has 0 saturated heterocycles. The molecule has 1 radical (unpaired) electrons. The van der Waals surface area contributed by atoms with Gasteiger partial charge in [-0.15, -0.1) is 0 Å². The Hall–Kier alpha value is -1.85. The van der Waals surface area contributed by atoms with Gasteiger partial charge in [0.2, 0.25) is 0 Å². The fourth-order valence-electron chi connectivity index (χ4n) is 1.56. The van der Waals surface area contributed by atoms with Crippen LogP contribution in [0.1, 0.15) is 11.1 Å². The van der Waals surface area contributed by atoms with Crippen LogP contribution >= 0.6 is 0 Å². The summed E-state index contributed by atoms with van der Waals surface area (Å²) in [4.78, 5) is 0. The smallest absolute Gasteiger partial charge is 0.100 e. The third-order valence-corrected chi connectivity index (χ3v) is 2.26. The summed E-state index contributed by atoms with van der Waals surface area (Å²) < 4.78 is 0. The zero-order valence-corrected chi connectivity index (χ0v) is 7.62. The molecule has 2 rings (SSSR count). The van der Waals surface area contributed by atoms with Crippen molar-refractivity contribution in [2.75, 3.05) is 0 Å². The van der Waals surface area contributed by atoms with Crippen molar-refractivity contribution < 1.29 is 0 Å². The summed E-state index contributed by atoms with van der Waals surface area (Å²) in [6.45, 7) is 0.475. The summed E-state index contributed by atoms with van der Waals surface area (Å²) >= 11 is 0. The van der Waals surface area contributed by atoms with Crippen LogP contribution in [0.2, 0.25) is 0 Å². The third-order valence-electron chi connectivity index (χ3n) is 2.26. The lowest BCUT2D eigenvalue weighted by Crippen LogP contribution is -1.97. The number of hydrogen-bond acceptors (Lipinski definition) is 2. The van der Waals surface area contributed by atoms with Crippen molar-refractivity contribution in [2.24, 2.45) is 5.73 Å². The van der Waals surface area contributed by atoms with Gasteiger partial charge in [0.15, 0.2) is 0 Å². The van der Waals surface area contributed by atoms with Crippen LogP contribution in [-0.2, 0) is 6.54 Å². The Morgan fingerprint density at radius 3 is 2.64 bits per heavy atom. The predicted octanol–water partition coefficient (Wildman–Crippen LogP) is 1.97. The van der Waals surface area contributed by atoms with Gasteiger partial charge in [0, 0.05) is 18.0 Å². The first-order chi connectivity index (χ1) is 6.86. The monoisotopic (exact) mass is 181 g/mol. The van der Waals surface area contributed by atoms with E-state index in [1.165, 1.54) is 0 Å². The first-order valence-corrected chi connectivity index (χ1v) is 4.39. The Morgan fingerprint density at radius 1 is 1.29 bits per heavy atom. The zero-order valence-electron chi connectivity index (χ0n) is 7.62. The zero-order chi connectivity index (χ0) is 9.97. The molecule has 0 atom stereocenters. The molecule has 2 aromatic rings. The normalized spacial score (nSPS) is 10.0. The maximum Gasteiger partial charge on any atom is 0.100 e. The summed E-state index contributed by atoms with van der Waals surface area (Å²) in [6.07, 6.45) is 0. The minimum atomic E-state index is 0.475. The van der Waals surface area contributed by atoms with E-state index in [0.717, 1.165) is 16.3 Å². The number of benzene rings is 2. The second-order valence-corrected chi connectivity index (χ2v) is 3.05. The van der Waals surface area contributed by atoms with Crippen molar-refractivity contribution >= 4 is 10.8 Å². The molecule has 2 N–H and O–H groups in total. The maximum absolute atomic E-state index is 8.89. The first kappa shape index (κ1) is 8.74. The Bertz CT molecular complexity index is 509. The van der Waals surface area contributed by atoms with Gasteiger partial charge in [-0.05, 0) is 17.0 Å². The molecule has 0 bridgehead atoms. The molecule has 0 aromatic heterocycles. The Morgan fingerprint density at radius 2 is 2.00 bits per heavy atom. The van der Waals surface area contributed by atoms with E-state index in [0.29, 0.717) is 12.1 Å². The minimum Gasteiger partial charge on any atom is -0.326 e. The quantitative estimate of drug-likeness (QED) is 0.731. The summed E-state index contributed by atoms with van der Waals surface area (Å²) in [6, 6.07) is 14.6. The van der Waals surface area contributed by atoms with E-state index in [2.05, 4.69) is 12.1 Å². The van der Waals surface area contributed by atoms with Gasteiger partial charge < -0.3 is 5.73 Å². The second kappa shape index (κ2) is 3.49. The molecular formula is C12H9N2. The number of hydrogen-bond donors (Lipinski definition) is 1. The number of rotatable bonds is 1. The highest BCUT2D eigenvalue weighted by Crippen LogP contribution is 2.21. The van der Waals surface area contributed by atoms with E-state index in [9.17, 15) is 0 Å². The molecule has 2 heteroatoms. The molecule has 0 aliphatic carbocycles. The van der Waals surface area contributed by atoms with E-state index in [-0.39, 0.29) is 0 Å². The molecule has 14 heavy (non-hydrogen) atoms. The SMILES string of the molecule is N#Cc1[c]cc(CN)c2ccccc12. The summed E-state index contributed by atoms with van der Waals surface area (Å²) in [5, 5.41) is 10.9. The number of fused-ring (bicyclic) bond motifs is 1. The number of nitrogens with zero attached hydrogens (tertiary/aromatic N) is 1. The van der Waals surface area contributed by atoms with Crippen molar-refractivity contribution in [1.29, 1.82) is 5.26 Å². The van der Waals surface area contributed by atoms with Gasteiger partial charge in [0.05, 0.1) is 5.56 Å². The van der Waals surface area contributed by atoms with E-state index in [1.54, 1.807) is 6.07 Å². The summed E-state index contributed by atoms with van der Waals surface area (Å²) in [7, 11) is 0. The van der Waals surface area contributed by atoms with Gasteiger partial charge in [0.25, 0.3) is 0 Å². The summed E-state index contributed by atoms with van der Waals surface area (Å²) in [5.74, 6) is 0. The molecular weight excluding hydrogens is 172 g/mol. The van der Waals surface area contributed by atoms with Crippen LogP contribution in [0, 0.1) is 17.4 Å². The molecule has 0 spiro atoms. The predicted molar refractivity (Wildman–Crippen MR) is 55.4 cm³/mol. The highest BCUT2D eigenvalue weighted by Gasteiger charge is 2.03. The van der Waals surface area contributed by atoms with Gasteiger partial charge in [-0.2, -0.15) is 5.26 Å². The molecule has 0 saturated carbocycles. The fraction of sp³-hybridized carbons (Fsp3) is 0.0833. The number of nitriles is 1. The second-order valence-electron chi connectivity index (χ2n) is 3.05. The minimum absolute atomic E-state index is 0.475. The lowest BCUT2D eigenvalue weighted by atomic mass is 10.0. The van der Waals surface area contributed by atoms with E-state index in [4.69, 9.17) is 11.0 Å². The topological polar surface area (TPSA) is 49.8 Å². The molecule has 0 amide bonds. The van der Waals surface area contributed by atoms with E-state index < -0.39 is 0 Å². The molecule has 67 valence electrons. The van der Waals surface area contributed by atoms with Crippen molar-refractivity contribution in [3.63, 3.8) is 0 Å². The largest absolute Gasteiger partial charge is 0.326 e. The van der Waals surface area contributed by atoms with Crippen LogP contribution < -0.4 is 5.73 Å². The highest BCUT2D eigenvalue weighted by atomic mass is 14.5. The van der Waals surface area contributed by atoms with Crippen LogP contribution in [0.5, 0.6) is 0 Å². The maximum atomic E-state index is 8.89. The molecule has 0 fully saturated rings. The van der Waals surface area contributed by atoms with E-state index >= 15 is 0 Å². The van der Waals surface area contributed by atoms with Gasteiger partial charge >= 0.3 is 0 Å². The molecule has 0 aliphatic heterocycles. The number of nitrogens with two attached hydrogens (primary N) is 1. The Balaban J connectivity index is 2.87. The Labute approximate surface area is 82.6 Å². The lowest BCUT2D eigenvalue weighted by molar-refractivity contribution is 1.09. The van der Waals surface area contributed by atoms with Gasteiger partial charge in [-0.25, -0.2) is 0 Å². The van der Waals surface area contributed by atoms with Crippen molar-refractivity contribution in [2.45, 2.75) is 6.54 Å². The fourth-order valence-corrected chi connectivity index (χ4v) is 1.56. The summed E-state index contributed by atoms with van der Waals surface area (Å²) in [5.41, 5.74) is 7.21. The average molecular weight is 181 g/mol. The van der Waals surface area contributed by atoms with Crippen LogP contribution in [0.25, 0.3) is 10.8 Å². The van der Waals surface area contributed by atoms with E-state index in [1.807, 2.05) is 24.3 Å².